The molecule has 19 heavy (non-hydrogen) atoms. The molecule has 4 nitrogen and oxygen atoms in total. The monoisotopic (exact) mass is 258 g/mol. The topological polar surface area (TPSA) is 51.1 Å². The van der Waals surface area contributed by atoms with Gasteiger partial charge in [-0.3, -0.25) is 9.59 Å². The van der Waals surface area contributed by atoms with Gasteiger partial charge in [-0.2, -0.15) is 0 Å². The van der Waals surface area contributed by atoms with Crippen LogP contribution in [0.4, 0.5) is 0 Å². The van der Waals surface area contributed by atoms with E-state index in [0.717, 1.165) is 17.2 Å². The summed E-state index contributed by atoms with van der Waals surface area (Å²) < 4.78 is 1.88. The second kappa shape index (κ2) is 4.88. The summed E-state index contributed by atoms with van der Waals surface area (Å²) in [5.41, 5.74) is 1.36. The quantitative estimate of drug-likeness (QED) is 0.859. The van der Waals surface area contributed by atoms with Crippen molar-refractivity contribution < 1.29 is 9.59 Å². The van der Waals surface area contributed by atoms with Crippen LogP contribution in [-0.4, -0.2) is 22.3 Å². The zero-order valence-electron chi connectivity index (χ0n) is 11.4. The van der Waals surface area contributed by atoms with Crippen molar-refractivity contribution in [2.75, 3.05) is 0 Å². The van der Waals surface area contributed by atoms with Gasteiger partial charge in [-0.1, -0.05) is 0 Å². The minimum Gasteiger partial charge on any atom is -0.350 e. The Morgan fingerprint density at radius 1 is 1.32 bits per heavy atom. The van der Waals surface area contributed by atoms with Crippen LogP contribution < -0.4 is 5.32 Å². The predicted octanol–water partition coefficient (Wildman–Crippen LogP) is 2.37. The molecule has 0 bridgehead atoms. The third kappa shape index (κ3) is 3.22. The Morgan fingerprint density at radius 3 is 2.68 bits per heavy atom. The van der Waals surface area contributed by atoms with Gasteiger partial charge in [0.1, 0.15) is 12.8 Å². The van der Waals surface area contributed by atoms with Crippen molar-refractivity contribution in [3.63, 3.8) is 0 Å². The molecule has 1 aromatic heterocycles. The van der Waals surface area contributed by atoms with Crippen LogP contribution in [0.1, 0.15) is 31.1 Å². The van der Waals surface area contributed by atoms with Crippen molar-refractivity contribution in [3.8, 4) is 0 Å². The highest BCUT2D eigenvalue weighted by Gasteiger charge is 2.14. The third-order valence-corrected chi connectivity index (χ3v) is 2.76. The Kier molecular flexibility index (Phi) is 3.42. The number of carbonyl (C=O) groups is 2. The minimum atomic E-state index is -0.231. The summed E-state index contributed by atoms with van der Waals surface area (Å²) in [6.45, 7) is 6.14. The van der Waals surface area contributed by atoms with Crippen LogP contribution in [0.3, 0.4) is 0 Å². The number of benzene rings is 1. The summed E-state index contributed by atoms with van der Waals surface area (Å²) in [7, 11) is 0. The highest BCUT2D eigenvalue weighted by Crippen LogP contribution is 2.17. The molecule has 1 heterocycles. The molecule has 100 valence electrons. The molecule has 0 aliphatic heterocycles. The van der Waals surface area contributed by atoms with E-state index in [1.165, 1.54) is 0 Å². The Bertz CT molecular complexity index is 621. The summed E-state index contributed by atoms with van der Waals surface area (Å²) >= 11 is 0. The number of aromatic nitrogens is 1. The Balaban J connectivity index is 2.22. The lowest BCUT2D eigenvalue weighted by Gasteiger charge is -2.20. The largest absolute Gasteiger partial charge is 0.350 e. The van der Waals surface area contributed by atoms with Crippen LogP contribution in [0.15, 0.2) is 30.5 Å². The molecular formula is C15H18N2O2. The molecule has 0 radical (unpaired) electrons. The van der Waals surface area contributed by atoms with Crippen molar-refractivity contribution in [1.82, 2.24) is 9.88 Å². The first-order valence-electron chi connectivity index (χ1n) is 6.24. The molecule has 2 rings (SSSR count). The molecule has 0 aliphatic carbocycles. The lowest BCUT2D eigenvalue weighted by Crippen LogP contribution is -2.42. The van der Waals surface area contributed by atoms with Gasteiger partial charge in [-0.05, 0) is 45.0 Å². The van der Waals surface area contributed by atoms with Crippen LogP contribution >= 0.6 is 0 Å². The van der Waals surface area contributed by atoms with Gasteiger partial charge >= 0.3 is 0 Å². The summed E-state index contributed by atoms with van der Waals surface area (Å²) in [5.74, 6) is -0.0236. The molecular weight excluding hydrogens is 240 g/mol. The molecule has 0 spiro atoms. The fourth-order valence-corrected chi connectivity index (χ4v) is 2.04. The highest BCUT2D eigenvalue weighted by molar-refractivity contribution is 5.88. The molecule has 0 aliphatic rings. The van der Waals surface area contributed by atoms with Crippen LogP contribution in [0.5, 0.6) is 0 Å². The second-order valence-corrected chi connectivity index (χ2v) is 5.68. The molecule has 4 heteroatoms. The zero-order valence-corrected chi connectivity index (χ0v) is 11.4. The number of hydrogen-bond acceptors (Lipinski definition) is 2. The van der Waals surface area contributed by atoms with Crippen molar-refractivity contribution >= 4 is 23.1 Å². The molecule has 1 aromatic carbocycles. The molecule has 0 fully saturated rings. The number of amides is 1. The van der Waals surface area contributed by atoms with E-state index < -0.39 is 0 Å². The molecule has 2 aromatic rings. The third-order valence-electron chi connectivity index (χ3n) is 2.76. The van der Waals surface area contributed by atoms with Crippen LogP contribution in [0.2, 0.25) is 0 Å². The van der Waals surface area contributed by atoms with Crippen LogP contribution in [-0.2, 0) is 11.3 Å². The van der Waals surface area contributed by atoms with E-state index >= 15 is 0 Å². The lowest BCUT2D eigenvalue weighted by molar-refractivity contribution is -0.123. The molecule has 1 N–H and O–H groups in total. The minimum absolute atomic E-state index is 0.0236. The number of nitrogens with zero attached hydrogens (tertiary/aromatic N) is 1. The maximum atomic E-state index is 11.9. The fraction of sp³-hybridized carbons (Fsp3) is 0.333. The first-order valence-corrected chi connectivity index (χ1v) is 6.24. The predicted molar refractivity (Wildman–Crippen MR) is 75.2 cm³/mol. The summed E-state index contributed by atoms with van der Waals surface area (Å²) in [6, 6.07) is 7.35. The fourth-order valence-electron chi connectivity index (χ4n) is 2.04. The molecule has 0 atom stereocenters. The van der Waals surface area contributed by atoms with Gasteiger partial charge in [0.05, 0.1) is 0 Å². The molecule has 0 saturated carbocycles. The van der Waals surface area contributed by atoms with Crippen LogP contribution in [0.25, 0.3) is 10.9 Å². The summed E-state index contributed by atoms with van der Waals surface area (Å²) in [4.78, 5) is 22.6. The van der Waals surface area contributed by atoms with Crippen molar-refractivity contribution in [2.45, 2.75) is 32.9 Å². The Morgan fingerprint density at radius 2 is 2.05 bits per heavy atom. The number of fused-ring (bicyclic) bond motifs is 1. The highest BCUT2D eigenvalue weighted by atomic mass is 16.2. The maximum absolute atomic E-state index is 11.9. The smallest absolute Gasteiger partial charge is 0.240 e. The lowest BCUT2D eigenvalue weighted by atomic mass is 10.1. The van der Waals surface area contributed by atoms with E-state index in [9.17, 15) is 9.59 Å². The normalized spacial score (nSPS) is 11.5. The van der Waals surface area contributed by atoms with Crippen molar-refractivity contribution in [1.29, 1.82) is 0 Å². The molecule has 0 saturated heterocycles. The van der Waals surface area contributed by atoms with Gasteiger partial charge in [0, 0.05) is 28.2 Å². The van der Waals surface area contributed by atoms with E-state index in [-0.39, 0.29) is 18.0 Å². The Hall–Kier alpha value is -2.10. The molecule has 0 unspecified atom stereocenters. The van der Waals surface area contributed by atoms with Gasteiger partial charge in [0.2, 0.25) is 5.91 Å². The number of aldehydes is 1. The second-order valence-electron chi connectivity index (χ2n) is 5.68. The van der Waals surface area contributed by atoms with Crippen LogP contribution in [0, 0.1) is 0 Å². The van der Waals surface area contributed by atoms with Crippen molar-refractivity contribution in [2.24, 2.45) is 0 Å². The number of hydrogen-bond donors (Lipinski definition) is 1. The average Bonchev–Trinajstić information content (AvgIpc) is 2.69. The van der Waals surface area contributed by atoms with E-state index in [2.05, 4.69) is 5.32 Å². The number of nitrogens with one attached hydrogen (secondary N) is 1. The number of carbonyl (C=O) groups excluding carboxylic acids is 2. The van der Waals surface area contributed by atoms with E-state index in [0.29, 0.717) is 5.56 Å². The van der Waals surface area contributed by atoms with E-state index in [1.54, 1.807) is 6.07 Å². The Labute approximate surface area is 112 Å². The van der Waals surface area contributed by atoms with E-state index in [4.69, 9.17) is 0 Å². The van der Waals surface area contributed by atoms with Gasteiger partial charge < -0.3 is 9.88 Å². The standard InChI is InChI=1S/C15H18N2O2/c1-15(2,3)16-14(19)9-17-7-6-12-8-11(10-18)4-5-13(12)17/h4-8,10H,9H2,1-3H3,(H,16,19). The first kappa shape index (κ1) is 13.3. The maximum Gasteiger partial charge on any atom is 0.240 e. The van der Waals surface area contributed by atoms with Gasteiger partial charge in [-0.15, -0.1) is 0 Å². The zero-order chi connectivity index (χ0) is 14.0. The summed E-state index contributed by atoms with van der Waals surface area (Å²) in [5, 5.41) is 3.89. The average molecular weight is 258 g/mol. The van der Waals surface area contributed by atoms with Gasteiger partial charge in [0.25, 0.3) is 0 Å². The van der Waals surface area contributed by atoms with E-state index in [1.807, 2.05) is 49.7 Å². The summed E-state index contributed by atoms with van der Waals surface area (Å²) in [6.07, 6.45) is 2.69. The number of rotatable bonds is 3. The molecule has 1 amide bonds. The van der Waals surface area contributed by atoms with Gasteiger partial charge in [0.15, 0.2) is 0 Å². The van der Waals surface area contributed by atoms with Gasteiger partial charge in [-0.25, -0.2) is 0 Å². The van der Waals surface area contributed by atoms with Crippen molar-refractivity contribution in [3.05, 3.63) is 36.0 Å². The first-order chi connectivity index (χ1) is 8.89. The SMILES string of the molecule is CC(C)(C)NC(=O)Cn1ccc2cc(C=O)ccc21.